The van der Waals surface area contributed by atoms with Crippen molar-refractivity contribution in [2.24, 2.45) is 0 Å². The molecule has 0 aliphatic rings. The summed E-state index contributed by atoms with van der Waals surface area (Å²) in [5.74, 6) is 0.186. The molecule has 1 aromatic carbocycles. The molecular weight excluding hydrogens is 472 g/mol. The van der Waals surface area contributed by atoms with E-state index in [-0.39, 0.29) is 23.2 Å². The van der Waals surface area contributed by atoms with E-state index in [4.69, 9.17) is 0 Å². The van der Waals surface area contributed by atoms with E-state index in [0.29, 0.717) is 22.7 Å². The van der Waals surface area contributed by atoms with Crippen LogP contribution in [-0.2, 0) is 0 Å². The maximum Gasteiger partial charge on any atom is 0.229 e. The summed E-state index contributed by atoms with van der Waals surface area (Å²) >= 11 is 0. The number of hydrogen-bond acceptors (Lipinski definition) is 6. The highest BCUT2D eigenvalue weighted by molar-refractivity contribution is 5.83. The van der Waals surface area contributed by atoms with Crippen molar-refractivity contribution in [3.63, 3.8) is 0 Å². The summed E-state index contributed by atoms with van der Waals surface area (Å²) in [6.45, 7) is 14.2. The fourth-order valence-electron chi connectivity index (χ4n) is 4.34. The van der Waals surface area contributed by atoms with E-state index in [2.05, 4.69) is 50.7 Å². The van der Waals surface area contributed by atoms with Gasteiger partial charge in [0.05, 0.1) is 11.7 Å². The lowest BCUT2D eigenvalue weighted by atomic mass is 10.0. The van der Waals surface area contributed by atoms with E-state index in [1.54, 1.807) is 18.3 Å². The normalized spacial score (nSPS) is 11.6. The van der Waals surface area contributed by atoms with Crippen molar-refractivity contribution >= 4 is 28.4 Å². The monoisotopic (exact) mass is 505 g/mol. The summed E-state index contributed by atoms with van der Waals surface area (Å²) in [7, 11) is 2.10. The van der Waals surface area contributed by atoms with Crippen LogP contribution in [0, 0.1) is 18.6 Å². The molecule has 3 heterocycles. The lowest BCUT2D eigenvalue weighted by Crippen LogP contribution is -2.18. The molecule has 0 unspecified atom stereocenters. The second kappa shape index (κ2) is 11.1. The number of allylic oxidation sites excluding steroid dienone is 1. The fourth-order valence-corrected chi connectivity index (χ4v) is 4.34. The van der Waals surface area contributed by atoms with E-state index in [1.807, 2.05) is 31.4 Å². The summed E-state index contributed by atoms with van der Waals surface area (Å²) in [6.07, 6.45) is 4.73. The van der Waals surface area contributed by atoms with Gasteiger partial charge < -0.3 is 14.8 Å². The van der Waals surface area contributed by atoms with E-state index in [0.717, 1.165) is 43.3 Å². The third-order valence-electron chi connectivity index (χ3n) is 6.43. The van der Waals surface area contributed by atoms with Gasteiger partial charge >= 0.3 is 0 Å². The Morgan fingerprint density at radius 3 is 2.57 bits per heavy atom. The van der Waals surface area contributed by atoms with Crippen molar-refractivity contribution in [1.29, 1.82) is 0 Å². The molecule has 194 valence electrons. The van der Waals surface area contributed by atoms with Crippen LogP contribution in [-0.4, -0.2) is 49.5 Å². The van der Waals surface area contributed by atoms with Gasteiger partial charge in [0.2, 0.25) is 5.95 Å². The number of nitrogens with one attached hydrogen (secondary N) is 1. The Kier molecular flexibility index (Phi) is 7.92. The zero-order chi connectivity index (χ0) is 26.7. The summed E-state index contributed by atoms with van der Waals surface area (Å²) in [6, 6.07) is 6.77. The highest BCUT2D eigenvalue weighted by Crippen LogP contribution is 2.30. The quantitative estimate of drug-likeness (QED) is 0.264. The van der Waals surface area contributed by atoms with Gasteiger partial charge in [-0.15, -0.1) is 0 Å². The van der Waals surface area contributed by atoms with Crippen molar-refractivity contribution in [3.05, 3.63) is 66.3 Å². The van der Waals surface area contributed by atoms with Gasteiger partial charge in [-0.25, -0.2) is 28.7 Å². The Morgan fingerprint density at radius 1 is 1.11 bits per heavy atom. The van der Waals surface area contributed by atoms with Crippen molar-refractivity contribution in [3.8, 4) is 11.3 Å². The topological polar surface area (TPSA) is 71.8 Å². The molecule has 4 aromatic rings. The molecule has 4 rings (SSSR count). The fraction of sp³-hybridized carbons (Fsp3) is 0.357. The Hall–Kier alpha value is -3.72. The lowest BCUT2D eigenvalue weighted by Gasteiger charge is -2.14. The van der Waals surface area contributed by atoms with Crippen LogP contribution in [0.2, 0.25) is 0 Å². The molecule has 37 heavy (non-hydrogen) atoms. The first-order valence-corrected chi connectivity index (χ1v) is 12.5. The molecule has 0 saturated heterocycles. The summed E-state index contributed by atoms with van der Waals surface area (Å²) in [5.41, 5.74) is 3.14. The highest BCUT2D eigenvalue weighted by Gasteiger charge is 2.18. The molecule has 0 aliphatic heterocycles. The van der Waals surface area contributed by atoms with Gasteiger partial charge in [-0.2, -0.15) is 0 Å². The smallest absolute Gasteiger partial charge is 0.229 e. The first-order chi connectivity index (χ1) is 17.7. The number of nitrogens with zero attached hydrogens (tertiary/aromatic N) is 6. The Morgan fingerprint density at radius 2 is 1.89 bits per heavy atom. The highest BCUT2D eigenvalue weighted by atomic mass is 19.1. The number of fused-ring (bicyclic) bond motifs is 1. The molecule has 0 fully saturated rings. The maximum atomic E-state index is 14.9. The zero-order valence-electron chi connectivity index (χ0n) is 22.0. The Labute approximate surface area is 216 Å². The number of halogens is 2. The minimum Gasteiger partial charge on any atom is -0.326 e. The molecule has 0 bridgehead atoms. The molecule has 1 N–H and O–H groups in total. The molecule has 0 saturated carbocycles. The van der Waals surface area contributed by atoms with Crippen LogP contribution in [0.1, 0.15) is 51.0 Å². The first-order valence-electron chi connectivity index (χ1n) is 12.5. The molecular formula is C28H33F2N7. The number of benzene rings is 1. The molecule has 3 aromatic heterocycles. The molecule has 0 radical (unpaired) electrons. The van der Waals surface area contributed by atoms with Crippen molar-refractivity contribution < 1.29 is 8.78 Å². The van der Waals surface area contributed by atoms with E-state index < -0.39 is 11.6 Å². The standard InChI is InChI=1S/C28H33F2N7/c1-7-36(6)12-8-9-18(4)20-10-11-25(31-15-20)34-28-32-16-23(30)26(35-28)21-13-22(29)27-24(14-21)37(17(2)3)19(5)33-27/h10-11,13-17H,4,7-9,12H2,1-3,5-6H3,(H,31,32,34,35). The molecule has 0 atom stereocenters. The van der Waals surface area contributed by atoms with Crippen LogP contribution in [0.15, 0.2) is 43.2 Å². The number of imidazole rings is 1. The van der Waals surface area contributed by atoms with Gasteiger partial charge in [0.1, 0.15) is 22.9 Å². The Balaban J connectivity index is 1.55. The number of pyridine rings is 1. The summed E-state index contributed by atoms with van der Waals surface area (Å²) in [4.78, 5) is 19.4. The molecule has 0 spiro atoms. The van der Waals surface area contributed by atoms with Crippen molar-refractivity contribution in [1.82, 2.24) is 29.4 Å². The van der Waals surface area contributed by atoms with Crippen molar-refractivity contribution in [2.45, 2.75) is 46.6 Å². The number of hydrogen-bond donors (Lipinski definition) is 1. The predicted octanol–water partition coefficient (Wildman–Crippen LogP) is 6.54. The van der Waals surface area contributed by atoms with Crippen LogP contribution in [0.5, 0.6) is 0 Å². The second-order valence-electron chi connectivity index (χ2n) is 9.50. The Bertz CT molecular complexity index is 1410. The molecule has 0 amide bonds. The SMILES string of the molecule is C=C(CCCN(C)CC)c1ccc(Nc2ncc(F)c(-c3cc(F)c4nc(C)n(C(C)C)c4c3)n2)nc1. The van der Waals surface area contributed by atoms with E-state index in [9.17, 15) is 8.78 Å². The minimum atomic E-state index is -0.648. The van der Waals surface area contributed by atoms with E-state index in [1.165, 1.54) is 6.07 Å². The predicted molar refractivity (Wildman–Crippen MR) is 145 cm³/mol. The average molecular weight is 506 g/mol. The number of rotatable bonds is 10. The summed E-state index contributed by atoms with van der Waals surface area (Å²) < 4.78 is 31.6. The summed E-state index contributed by atoms with van der Waals surface area (Å²) in [5, 5.41) is 3.01. The minimum absolute atomic E-state index is 0.00509. The zero-order valence-corrected chi connectivity index (χ0v) is 22.0. The van der Waals surface area contributed by atoms with Crippen molar-refractivity contribution in [2.75, 3.05) is 25.5 Å². The molecule has 9 heteroatoms. The van der Waals surface area contributed by atoms with Crippen LogP contribution in [0.3, 0.4) is 0 Å². The molecule has 7 nitrogen and oxygen atoms in total. The van der Waals surface area contributed by atoms with Gasteiger partial charge in [-0.3, -0.25) is 0 Å². The van der Waals surface area contributed by atoms with Gasteiger partial charge in [-0.1, -0.05) is 13.5 Å². The number of aryl methyl sites for hydroxylation is 1. The van der Waals surface area contributed by atoms with E-state index >= 15 is 0 Å². The van der Waals surface area contributed by atoms with Gasteiger partial charge in [0.15, 0.2) is 11.6 Å². The van der Waals surface area contributed by atoms with Gasteiger partial charge in [0.25, 0.3) is 0 Å². The lowest BCUT2D eigenvalue weighted by molar-refractivity contribution is 0.349. The maximum absolute atomic E-state index is 14.9. The third kappa shape index (κ3) is 5.83. The largest absolute Gasteiger partial charge is 0.326 e. The average Bonchev–Trinajstić information content (AvgIpc) is 3.22. The first kappa shape index (κ1) is 26.3. The van der Waals surface area contributed by atoms with Crippen LogP contribution in [0.25, 0.3) is 27.9 Å². The third-order valence-corrected chi connectivity index (χ3v) is 6.43. The van der Waals surface area contributed by atoms with Crippen LogP contribution < -0.4 is 5.32 Å². The van der Waals surface area contributed by atoms with Crippen LogP contribution >= 0.6 is 0 Å². The van der Waals surface area contributed by atoms with Gasteiger partial charge in [-0.05, 0) is 89.2 Å². The number of anilines is 2. The van der Waals surface area contributed by atoms with Gasteiger partial charge in [0, 0.05) is 17.8 Å². The number of aromatic nitrogens is 5. The van der Waals surface area contributed by atoms with Crippen LogP contribution in [0.4, 0.5) is 20.5 Å². The second-order valence-corrected chi connectivity index (χ2v) is 9.50. The molecule has 0 aliphatic carbocycles.